The topological polar surface area (TPSA) is 41.6 Å². The zero-order chi connectivity index (χ0) is 20.8. The van der Waals surface area contributed by atoms with Crippen molar-refractivity contribution in [3.63, 3.8) is 0 Å². The summed E-state index contributed by atoms with van der Waals surface area (Å²) in [5, 5.41) is 2.95. The molecule has 4 nitrogen and oxygen atoms in total. The van der Waals surface area contributed by atoms with Gasteiger partial charge in [0.1, 0.15) is 11.5 Å². The summed E-state index contributed by atoms with van der Waals surface area (Å²) < 4.78 is 5.79. The lowest BCUT2D eigenvalue weighted by Gasteiger charge is -2.30. The average Bonchev–Trinajstić information content (AvgIpc) is 2.76. The van der Waals surface area contributed by atoms with E-state index in [-0.39, 0.29) is 5.91 Å². The summed E-state index contributed by atoms with van der Waals surface area (Å²) in [6.45, 7) is 5.60. The Morgan fingerprint density at radius 2 is 1.67 bits per heavy atom. The highest BCUT2D eigenvalue weighted by Crippen LogP contribution is 2.23. The number of amides is 1. The first-order chi connectivity index (χ1) is 14.7. The minimum atomic E-state index is -0.107. The number of piperidine rings is 1. The van der Waals surface area contributed by atoms with E-state index in [0.29, 0.717) is 5.56 Å². The standard InChI is InChI=1S/C26H28N2O2/c1-20-6-5-17-28(18-20)19-21-9-11-22(12-10-21)26(29)27-23-13-15-25(16-14-23)30-24-7-3-2-4-8-24/h2-4,7-16,20H,5-6,17-19H2,1H3,(H,27,29)/t20-/m1/s1. The average molecular weight is 401 g/mol. The molecule has 1 saturated heterocycles. The summed E-state index contributed by atoms with van der Waals surface area (Å²) >= 11 is 0. The van der Waals surface area contributed by atoms with Crippen LogP contribution in [0.2, 0.25) is 0 Å². The van der Waals surface area contributed by atoms with Crippen molar-refractivity contribution in [2.24, 2.45) is 5.92 Å². The van der Waals surface area contributed by atoms with E-state index in [1.54, 1.807) is 0 Å². The molecule has 0 unspecified atom stereocenters. The maximum atomic E-state index is 12.6. The first-order valence-corrected chi connectivity index (χ1v) is 10.6. The van der Waals surface area contributed by atoms with Crippen LogP contribution in [0.25, 0.3) is 0 Å². The number of hydrogen-bond acceptors (Lipinski definition) is 3. The fourth-order valence-corrected chi connectivity index (χ4v) is 3.88. The number of carbonyl (C=O) groups excluding carboxylic acids is 1. The van der Waals surface area contributed by atoms with Crippen LogP contribution >= 0.6 is 0 Å². The van der Waals surface area contributed by atoms with Crippen LogP contribution in [-0.2, 0) is 6.54 Å². The molecule has 0 aliphatic carbocycles. The van der Waals surface area contributed by atoms with E-state index in [1.807, 2.05) is 66.7 Å². The number of nitrogens with zero attached hydrogens (tertiary/aromatic N) is 1. The van der Waals surface area contributed by atoms with Gasteiger partial charge in [0.25, 0.3) is 5.91 Å². The lowest BCUT2D eigenvalue weighted by Crippen LogP contribution is -2.33. The number of carbonyl (C=O) groups is 1. The Bertz CT molecular complexity index is 953. The molecule has 4 heteroatoms. The lowest BCUT2D eigenvalue weighted by molar-refractivity contribution is 0.102. The van der Waals surface area contributed by atoms with Gasteiger partial charge >= 0.3 is 0 Å². The SMILES string of the molecule is C[C@@H]1CCCN(Cc2ccc(C(=O)Nc3ccc(Oc4ccccc4)cc3)cc2)C1. The highest BCUT2D eigenvalue weighted by molar-refractivity contribution is 6.04. The van der Waals surface area contributed by atoms with Gasteiger partial charge < -0.3 is 10.1 Å². The first-order valence-electron chi connectivity index (χ1n) is 10.6. The molecule has 1 amide bonds. The second kappa shape index (κ2) is 9.59. The van der Waals surface area contributed by atoms with Gasteiger partial charge in [0.2, 0.25) is 0 Å². The summed E-state index contributed by atoms with van der Waals surface area (Å²) in [4.78, 5) is 15.1. The zero-order valence-electron chi connectivity index (χ0n) is 17.4. The predicted molar refractivity (Wildman–Crippen MR) is 121 cm³/mol. The Balaban J connectivity index is 1.32. The molecule has 3 aromatic carbocycles. The number of anilines is 1. The number of para-hydroxylation sites is 1. The largest absolute Gasteiger partial charge is 0.457 e. The number of hydrogen-bond donors (Lipinski definition) is 1. The minimum Gasteiger partial charge on any atom is -0.457 e. The molecule has 1 atom stereocenters. The Kier molecular flexibility index (Phi) is 6.45. The third kappa shape index (κ3) is 5.49. The maximum Gasteiger partial charge on any atom is 0.255 e. The molecule has 1 heterocycles. The fraction of sp³-hybridized carbons (Fsp3) is 0.269. The van der Waals surface area contributed by atoms with E-state index in [1.165, 1.54) is 18.4 Å². The van der Waals surface area contributed by atoms with Crippen molar-refractivity contribution in [2.45, 2.75) is 26.3 Å². The van der Waals surface area contributed by atoms with Crippen molar-refractivity contribution in [2.75, 3.05) is 18.4 Å². The summed E-state index contributed by atoms with van der Waals surface area (Å²) in [5.41, 5.74) is 2.66. The van der Waals surface area contributed by atoms with Crippen LogP contribution in [0.5, 0.6) is 11.5 Å². The molecule has 0 radical (unpaired) electrons. The molecule has 0 aromatic heterocycles. The quantitative estimate of drug-likeness (QED) is 0.555. The Labute approximate surface area is 178 Å². The van der Waals surface area contributed by atoms with Crippen molar-refractivity contribution < 1.29 is 9.53 Å². The van der Waals surface area contributed by atoms with Gasteiger partial charge in [0.05, 0.1) is 0 Å². The van der Waals surface area contributed by atoms with Crippen LogP contribution in [0, 0.1) is 5.92 Å². The van der Waals surface area contributed by atoms with Gasteiger partial charge in [-0.3, -0.25) is 9.69 Å². The van der Waals surface area contributed by atoms with Gasteiger partial charge in [-0.05, 0) is 79.4 Å². The second-order valence-electron chi connectivity index (χ2n) is 8.07. The normalized spacial score (nSPS) is 16.8. The van der Waals surface area contributed by atoms with Crippen molar-refractivity contribution in [1.82, 2.24) is 4.90 Å². The van der Waals surface area contributed by atoms with Gasteiger partial charge in [-0.1, -0.05) is 37.3 Å². The number of likely N-dealkylation sites (tertiary alicyclic amines) is 1. The van der Waals surface area contributed by atoms with E-state index < -0.39 is 0 Å². The van der Waals surface area contributed by atoms with E-state index in [9.17, 15) is 4.79 Å². The van der Waals surface area contributed by atoms with Crippen molar-refractivity contribution in [1.29, 1.82) is 0 Å². The molecule has 1 aliphatic rings. The Hall–Kier alpha value is -3.11. The molecule has 0 spiro atoms. The number of rotatable bonds is 6. The second-order valence-corrected chi connectivity index (χ2v) is 8.07. The van der Waals surface area contributed by atoms with E-state index in [0.717, 1.165) is 42.7 Å². The van der Waals surface area contributed by atoms with Crippen LogP contribution in [0.3, 0.4) is 0 Å². The van der Waals surface area contributed by atoms with Crippen LogP contribution in [0.4, 0.5) is 5.69 Å². The summed E-state index contributed by atoms with van der Waals surface area (Å²) in [6, 6.07) is 25.0. The summed E-state index contributed by atoms with van der Waals surface area (Å²) in [6.07, 6.45) is 2.60. The number of ether oxygens (including phenoxy) is 1. The molecule has 154 valence electrons. The zero-order valence-corrected chi connectivity index (χ0v) is 17.4. The molecule has 30 heavy (non-hydrogen) atoms. The van der Waals surface area contributed by atoms with Gasteiger partial charge in [-0.2, -0.15) is 0 Å². The van der Waals surface area contributed by atoms with Gasteiger partial charge in [0, 0.05) is 24.3 Å². The highest BCUT2D eigenvalue weighted by Gasteiger charge is 2.16. The predicted octanol–water partition coefficient (Wildman–Crippen LogP) is 5.96. The van der Waals surface area contributed by atoms with Gasteiger partial charge in [0.15, 0.2) is 0 Å². The molecular weight excluding hydrogens is 372 g/mol. The molecule has 1 N–H and O–H groups in total. The number of benzene rings is 3. The Morgan fingerprint density at radius 3 is 2.37 bits per heavy atom. The molecular formula is C26H28N2O2. The fourth-order valence-electron chi connectivity index (χ4n) is 3.88. The molecule has 0 bridgehead atoms. The van der Waals surface area contributed by atoms with Crippen LogP contribution < -0.4 is 10.1 Å². The molecule has 0 saturated carbocycles. The number of nitrogens with one attached hydrogen (secondary N) is 1. The van der Waals surface area contributed by atoms with Crippen molar-refractivity contribution in [3.05, 3.63) is 90.0 Å². The van der Waals surface area contributed by atoms with Gasteiger partial charge in [-0.25, -0.2) is 0 Å². The van der Waals surface area contributed by atoms with Crippen LogP contribution in [0.1, 0.15) is 35.7 Å². The van der Waals surface area contributed by atoms with Crippen molar-refractivity contribution in [3.8, 4) is 11.5 Å². The van der Waals surface area contributed by atoms with Crippen molar-refractivity contribution >= 4 is 11.6 Å². The third-order valence-corrected chi connectivity index (χ3v) is 5.45. The smallest absolute Gasteiger partial charge is 0.255 e. The molecule has 4 rings (SSSR count). The summed E-state index contributed by atoms with van der Waals surface area (Å²) in [7, 11) is 0. The first kappa shape index (κ1) is 20.2. The minimum absolute atomic E-state index is 0.107. The van der Waals surface area contributed by atoms with E-state index >= 15 is 0 Å². The highest BCUT2D eigenvalue weighted by atomic mass is 16.5. The van der Waals surface area contributed by atoms with E-state index in [4.69, 9.17) is 4.74 Å². The summed E-state index contributed by atoms with van der Waals surface area (Å²) in [5.74, 6) is 2.18. The third-order valence-electron chi connectivity index (χ3n) is 5.45. The van der Waals surface area contributed by atoms with Crippen LogP contribution in [0.15, 0.2) is 78.9 Å². The molecule has 1 fully saturated rings. The Morgan fingerprint density at radius 1 is 0.967 bits per heavy atom. The maximum absolute atomic E-state index is 12.6. The van der Waals surface area contributed by atoms with Crippen LogP contribution in [-0.4, -0.2) is 23.9 Å². The molecule has 1 aliphatic heterocycles. The lowest BCUT2D eigenvalue weighted by atomic mass is 9.99. The monoisotopic (exact) mass is 400 g/mol. The molecule has 3 aromatic rings. The van der Waals surface area contributed by atoms with E-state index in [2.05, 4.69) is 29.3 Å². The van der Waals surface area contributed by atoms with Gasteiger partial charge in [-0.15, -0.1) is 0 Å².